The van der Waals surface area contributed by atoms with Gasteiger partial charge in [0.15, 0.2) is 0 Å². The van der Waals surface area contributed by atoms with Gasteiger partial charge in [-0.3, -0.25) is 0 Å². The molecule has 238 valence electrons. The van der Waals surface area contributed by atoms with Gasteiger partial charge in [-0.2, -0.15) is 0 Å². The highest BCUT2D eigenvalue weighted by molar-refractivity contribution is 5.96. The predicted octanol–water partition coefficient (Wildman–Crippen LogP) is 9.94. The van der Waals surface area contributed by atoms with Crippen LogP contribution in [0.2, 0.25) is 0 Å². The summed E-state index contributed by atoms with van der Waals surface area (Å²) in [5.41, 5.74) is 13.7. The standard InChI is InChI=1S/C40H46N4O2/c1-23(2)19-27-31-10-12-33(41-31)28(20-24(3)4)35-14-16-37(43-35)40(30-22-26(45-7)9-18-39(30)46-8)38-17-15-36(44-38)29(21-25(5)6)34-13-11-32(27)42-34/h9-18,22-25,43-44H,19-21H2,1-8H3. The highest BCUT2D eigenvalue weighted by Crippen LogP contribution is 2.39. The van der Waals surface area contributed by atoms with Crippen LogP contribution in [0, 0.1) is 17.8 Å². The molecule has 46 heavy (non-hydrogen) atoms. The Hall–Kier alpha value is -4.58. The van der Waals surface area contributed by atoms with Crippen LogP contribution in [0.5, 0.6) is 11.5 Å². The van der Waals surface area contributed by atoms with Crippen molar-refractivity contribution in [3.63, 3.8) is 0 Å². The third-order valence-electron chi connectivity index (χ3n) is 8.59. The molecule has 0 saturated heterocycles. The number of nitrogens with one attached hydrogen (secondary N) is 2. The molecular weight excluding hydrogens is 568 g/mol. The van der Waals surface area contributed by atoms with Gasteiger partial charge in [0.05, 0.1) is 37.0 Å². The summed E-state index contributed by atoms with van der Waals surface area (Å²) in [7, 11) is 3.41. The molecule has 3 aromatic heterocycles. The third kappa shape index (κ3) is 6.26. The van der Waals surface area contributed by atoms with Crippen molar-refractivity contribution in [1.82, 2.24) is 19.9 Å². The number of hydrogen-bond donors (Lipinski definition) is 2. The molecule has 2 aliphatic rings. The number of H-pyrrole nitrogens is 2. The molecule has 0 amide bonds. The second-order valence-electron chi connectivity index (χ2n) is 13.7. The van der Waals surface area contributed by atoms with E-state index >= 15 is 0 Å². The smallest absolute Gasteiger partial charge is 0.127 e. The van der Waals surface area contributed by atoms with Crippen LogP contribution in [-0.4, -0.2) is 34.2 Å². The second-order valence-corrected chi connectivity index (χ2v) is 13.7. The molecule has 5 heterocycles. The van der Waals surface area contributed by atoms with Gasteiger partial charge >= 0.3 is 0 Å². The van der Waals surface area contributed by atoms with Crippen LogP contribution in [0.1, 0.15) is 81.0 Å². The minimum atomic E-state index is 0.453. The Balaban J connectivity index is 1.81. The fraction of sp³-hybridized carbons (Fsp3) is 0.350. The van der Waals surface area contributed by atoms with Crippen molar-refractivity contribution in [2.24, 2.45) is 17.8 Å². The van der Waals surface area contributed by atoms with E-state index < -0.39 is 0 Å². The molecule has 2 N–H and O–H groups in total. The molecule has 6 nitrogen and oxygen atoms in total. The number of benzene rings is 1. The number of aromatic amines is 2. The van der Waals surface area contributed by atoms with E-state index in [0.717, 1.165) is 86.7 Å². The molecule has 0 unspecified atom stereocenters. The zero-order valence-electron chi connectivity index (χ0n) is 28.4. The van der Waals surface area contributed by atoms with E-state index in [-0.39, 0.29) is 0 Å². The van der Waals surface area contributed by atoms with Gasteiger partial charge in [0.1, 0.15) is 11.5 Å². The van der Waals surface area contributed by atoms with Gasteiger partial charge in [-0.15, -0.1) is 0 Å². The van der Waals surface area contributed by atoms with Gasteiger partial charge in [-0.25, -0.2) is 9.97 Å². The number of nitrogens with zero attached hydrogens (tertiary/aromatic N) is 2. The van der Waals surface area contributed by atoms with Crippen molar-refractivity contribution in [3.8, 4) is 22.6 Å². The van der Waals surface area contributed by atoms with E-state index in [1.807, 2.05) is 18.2 Å². The zero-order valence-corrected chi connectivity index (χ0v) is 28.4. The largest absolute Gasteiger partial charge is 0.497 e. The number of hydrogen-bond acceptors (Lipinski definition) is 4. The summed E-state index contributed by atoms with van der Waals surface area (Å²) >= 11 is 0. The van der Waals surface area contributed by atoms with Crippen molar-refractivity contribution in [2.75, 3.05) is 14.2 Å². The summed E-state index contributed by atoms with van der Waals surface area (Å²) in [5.74, 6) is 2.91. The highest BCUT2D eigenvalue weighted by Gasteiger charge is 2.19. The molecule has 0 saturated carbocycles. The SMILES string of the molecule is COc1ccc(OC)c(-c2c3ccc([nH]3)c(CC(C)C)c3nc(c(CC(C)C)c4nc(c(CC(C)C)c5ccc2[nH]5)C=C4)C=C3)c1. The Labute approximate surface area is 272 Å². The maximum atomic E-state index is 5.92. The number of ether oxygens (including phenoxy) is 2. The molecule has 0 atom stereocenters. The van der Waals surface area contributed by atoms with Crippen molar-refractivity contribution < 1.29 is 9.47 Å². The van der Waals surface area contributed by atoms with Gasteiger partial charge in [-0.05, 0) is 104 Å². The Morgan fingerprint density at radius 3 is 1.41 bits per heavy atom. The summed E-state index contributed by atoms with van der Waals surface area (Å²) in [4.78, 5) is 18.2. The minimum Gasteiger partial charge on any atom is -0.497 e. The fourth-order valence-electron chi connectivity index (χ4n) is 6.55. The van der Waals surface area contributed by atoms with Crippen LogP contribution in [-0.2, 0) is 19.3 Å². The summed E-state index contributed by atoms with van der Waals surface area (Å²) in [5, 5.41) is 0. The molecule has 0 spiro atoms. The van der Waals surface area contributed by atoms with E-state index in [1.54, 1.807) is 14.2 Å². The number of methoxy groups -OCH3 is 2. The summed E-state index contributed by atoms with van der Waals surface area (Å²) < 4.78 is 11.6. The topological polar surface area (TPSA) is 75.8 Å². The average Bonchev–Trinajstić information content (AvgIpc) is 3.85. The lowest BCUT2D eigenvalue weighted by Crippen LogP contribution is -2.01. The van der Waals surface area contributed by atoms with Gasteiger partial charge in [0.25, 0.3) is 0 Å². The van der Waals surface area contributed by atoms with E-state index in [9.17, 15) is 0 Å². The summed E-state index contributed by atoms with van der Waals surface area (Å²) in [6, 6.07) is 14.7. The van der Waals surface area contributed by atoms with Gasteiger partial charge in [0.2, 0.25) is 0 Å². The Morgan fingerprint density at radius 1 is 0.543 bits per heavy atom. The van der Waals surface area contributed by atoms with Crippen LogP contribution in [0.3, 0.4) is 0 Å². The lowest BCUT2D eigenvalue weighted by Gasteiger charge is -2.12. The van der Waals surface area contributed by atoms with Crippen molar-refractivity contribution in [3.05, 3.63) is 81.9 Å². The second kappa shape index (κ2) is 13.0. The molecule has 8 bridgehead atoms. The average molecular weight is 615 g/mol. The van der Waals surface area contributed by atoms with Crippen molar-refractivity contribution in [2.45, 2.75) is 60.8 Å². The van der Waals surface area contributed by atoms with Crippen molar-refractivity contribution >= 4 is 46.4 Å². The van der Waals surface area contributed by atoms with E-state index in [0.29, 0.717) is 17.8 Å². The monoisotopic (exact) mass is 614 g/mol. The van der Waals surface area contributed by atoms with Gasteiger partial charge in [-0.1, -0.05) is 41.5 Å². The first-order valence-electron chi connectivity index (χ1n) is 16.5. The fourth-order valence-corrected chi connectivity index (χ4v) is 6.55. The van der Waals surface area contributed by atoms with E-state index in [4.69, 9.17) is 19.4 Å². The highest BCUT2D eigenvalue weighted by atomic mass is 16.5. The quantitative estimate of drug-likeness (QED) is 0.170. The minimum absolute atomic E-state index is 0.453. The van der Waals surface area contributed by atoms with Gasteiger partial charge < -0.3 is 19.4 Å². The molecule has 2 aliphatic heterocycles. The lowest BCUT2D eigenvalue weighted by atomic mass is 10.00. The predicted molar refractivity (Wildman–Crippen MR) is 193 cm³/mol. The number of rotatable bonds is 9. The summed E-state index contributed by atoms with van der Waals surface area (Å²) in [6.07, 6.45) is 11.4. The lowest BCUT2D eigenvalue weighted by molar-refractivity contribution is 0.404. The molecule has 6 heteroatoms. The first-order valence-corrected chi connectivity index (χ1v) is 16.5. The Kier molecular flexibility index (Phi) is 8.90. The van der Waals surface area contributed by atoms with E-state index in [1.165, 1.54) is 16.7 Å². The maximum absolute atomic E-state index is 5.92. The van der Waals surface area contributed by atoms with Crippen molar-refractivity contribution in [1.29, 1.82) is 0 Å². The van der Waals surface area contributed by atoms with Crippen LogP contribution >= 0.6 is 0 Å². The van der Waals surface area contributed by atoms with Crippen LogP contribution in [0.4, 0.5) is 0 Å². The molecule has 1 aromatic carbocycles. The first kappa shape index (κ1) is 31.4. The molecule has 6 rings (SSSR count). The first-order chi connectivity index (χ1) is 22.1. The zero-order chi connectivity index (χ0) is 32.5. The Bertz CT molecular complexity index is 1880. The van der Waals surface area contributed by atoms with Gasteiger partial charge in [0, 0.05) is 49.9 Å². The molecule has 4 aromatic rings. The maximum Gasteiger partial charge on any atom is 0.127 e. The third-order valence-corrected chi connectivity index (χ3v) is 8.59. The van der Waals surface area contributed by atoms with Crippen LogP contribution in [0.25, 0.3) is 57.5 Å². The number of aromatic nitrogens is 4. The van der Waals surface area contributed by atoms with Crippen LogP contribution in [0.15, 0.2) is 42.5 Å². The number of fused-ring (bicyclic) bond motifs is 8. The Morgan fingerprint density at radius 2 is 0.978 bits per heavy atom. The molecule has 0 fully saturated rings. The van der Waals surface area contributed by atoms with Crippen LogP contribution < -0.4 is 9.47 Å². The normalized spacial score (nSPS) is 12.6. The molecule has 0 radical (unpaired) electrons. The molecular formula is C40H46N4O2. The summed E-state index contributed by atoms with van der Waals surface area (Å²) in [6.45, 7) is 13.6. The van der Waals surface area contributed by atoms with E-state index in [2.05, 4.69) is 100 Å². The molecule has 0 aliphatic carbocycles.